The minimum absolute atomic E-state index is 0.234. The van der Waals surface area contributed by atoms with E-state index in [-0.39, 0.29) is 12.5 Å². The molecule has 0 spiro atoms. The van der Waals surface area contributed by atoms with Gasteiger partial charge in [-0.05, 0) is 12.8 Å². The molecule has 2 atom stereocenters. The maximum atomic E-state index is 11.6. The third-order valence-electron chi connectivity index (χ3n) is 2.52. The summed E-state index contributed by atoms with van der Waals surface area (Å²) in [6, 6.07) is -0.698. The summed E-state index contributed by atoms with van der Waals surface area (Å²) in [6.45, 7) is 1.85. The third-order valence-corrected chi connectivity index (χ3v) is 2.52. The molecule has 0 aromatic heterocycles. The number of aliphatic hydroxyl groups is 1. The number of aliphatic hydroxyl groups excluding tert-OH is 1. The normalized spacial score (nSPS) is 23.6. The highest BCUT2D eigenvalue weighted by atomic mass is 16.4. The first-order valence-electron chi connectivity index (χ1n) is 4.72. The van der Waals surface area contributed by atoms with Crippen molar-refractivity contribution in [2.45, 2.75) is 25.8 Å². The highest BCUT2D eigenvalue weighted by Gasteiger charge is 2.35. The van der Waals surface area contributed by atoms with Gasteiger partial charge in [0.25, 0.3) is 0 Å². The predicted octanol–water partition coefficient (Wildman–Crippen LogP) is -0.310. The summed E-state index contributed by atoms with van der Waals surface area (Å²) in [5, 5.41) is 17.6. The van der Waals surface area contributed by atoms with Crippen molar-refractivity contribution in [2.75, 3.05) is 13.2 Å². The van der Waals surface area contributed by atoms with Crippen LogP contribution in [0.1, 0.15) is 19.8 Å². The molecule has 14 heavy (non-hydrogen) atoms. The quantitative estimate of drug-likeness (QED) is 0.656. The predicted molar refractivity (Wildman–Crippen MR) is 48.6 cm³/mol. The van der Waals surface area contributed by atoms with Gasteiger partial charge in [-0.25, -0.2) is 4.79 Å². The van der Waals surface area contributed by atoms with Crippen LogP contribution in [-0.4, -0.2) is 46.2 Å². The number of rotatable bonds is 3. The molecule has 0 aromatic carbocycles. The fraction of sp³-hybridized carbons (Fsp3) is 0.778. The Balaban J connectivity index is 2.67. The molecule has 5 nitrogen and oxygen atoms in total. The molecule has 1 heterocycles. The van der Waals surface area contributed by atoms with Gasteiger partial charge in [-0.15, -0.1) is 0 Å². The van der Waals surface area contributed by atoms with Gasteiger partial charge in [-0.1, -0.05) is 6.92 Å². The molecule has 1 aliphatic rings. The molecular weight excluding hydrogens is 186 g/mol. The Kier molecular flexibility index (Phi) is 3.46. The molecule has 1 amide bonds. The average molecular weight is 201 g/mol. The molecule has 1 saturated heterocycles. The molecule has 1 rings (SSSR count). The Morgan fingerprint density at radius 2 is 2.21 bits per heavy atom. The van der Waals surface area contributed by atoms with E-state index in [1.54, 1.807) is 6.92 Å². The van der Waals surface area contributed by atoms with Crippen LogP contribution < -0.4 is 0 Å². The van der Waals surface area contributed by atoms with Crippen LogP contribution in [-0.2, 0) is 9.59 Å². The first-order chi connectivity index (χ1) is 6.57. The smallest absolute Gasteiger partial charge is 0.326 e. The monoisotopic (exact) mass is 201 g/mol. The number of likely N-dealkylation sites (tertiary alicyclic amines) is 1. The lowest BCUT2D eigenvalue weighted by Gasteiger charge is -2.23. The maximum Gasteiger partial charge on any atom is 0.326 e. The van der Waals surface area contributed by atoms with Gasteiger partial charge in [0.05, 0.1) is 12.5 Å². The number of aliphatic carboxylic acids is 1. The second-order valence-corrected chi connectivity index (χ2v) is 3.61. The van der Waals surface area contributed by atoms with Gasteiger partial charge in [0.15, 0.2) is 0 Å². The van der Waals surface area contributed by atoms with Crippen molar-refractivity contribution in [3.8, 4) is 0 Å². The number of carboxylic acid groups (broad SMARTS) is 1. The minimum atomic E-state index is -0.957. The summed E-state index contributed by atoms with van der Waals surface area (Å²) >= 11 is 0. The highest BCUT2D eigenvalue weighted by Crippen LogP contribution is 2.19. The van der Waals surface area contributed by atoms with E-state index in [1.807, 2.05) is 0 Å². The van der Waals surface area contributed by atoms with Crippen molar-refractivity contribution >= 4 is 11.9 Å². The van der Waals surface area contributed by atoms with Crippen LogP contribution in [0.3, 0.4) is 0 Å². The summed E-state index contributed by atoms with van der Waals surface area (Å²) in [4.78, 5) is 23.7. The van der Waals surface area contributed by atoms with E-state index >= 15 is 0 Å². The van der Waals surface area contributed by atoms with E-state index in [2.05, 4.69) is 0 Å². The summed E-state index contributed by atoms with van der Waals surface area (Å²) in [5.74, 6) is -1.73. The third kappa shape index (κ3) is 2.04. The maximum absolute atomic E-state index is 11.6. The topological polar surface area (TPSA) is 77.8 Å². The lowest BCUT2D eigenvalue weighted by atomic mass is 10.1. The molecule has 0 unspecified atom stereocenters. The lowest BCUT2D eigenvalue weighted by Crippen LogP contribution is -2.43. The van der Waals surface area contributed by atoms with E-state index in [4.69, 9.17) is 10.2 Å². The molecule has 2 N–H and O–H groups in total. The van der Waals surface area contributed by atoms with Crippen molar-refractivity contribution in [1.82, 2.24) is 4.90 Å². The Labute approximate surface area is 82.3 Å². The summed E-state index contributed by atoms with van der Waals surface area (Å²) in [6.07, 6.45) is 1.24. The molecule has 1 fully saturated rings. The SMILES string of the molecule is C[C@H](CO)C(=O)N1CCC[C@H]1C(=O)O. The van der Waals surface area contributed by atoms with E-state index in [0.717, 1.165) is 6.42 Å². The van der Waals surface area contributed by atoms with E-state index < -0.39 is 17.9 Å². The number of carboxylic acids is 1. The molecule has 5 heteroatoms. The summed E-state index contributed by atoms with van der Waals surface area (Å²) in [7, 11) is 0. The van der Waals surface area contributed by atoms with Crippen LogP contribution in [0.2, 0.25) is 0 Å². The van der Waals surface area contributed by atoms with Crippen LogP contribution in [0.5, 0.6) is 0 Å². The first-order valence-corrected chi connectivity index (χ1v) is 4.72. The average Bonchev–Trinajstić information content (AvgIpc) is 2.63. The zero-order valence-electron chi connectivity index (χ0n) is 8.14. The Hall–Kier alpha value is -1.10. The largest absolute Gasteiger partial charge is 0.480 e. The molecule has 0 aliphatic carbocycles. The second-order valence-electron chi connectivity index (χ2n) is 3.61. The zero-order chi connectivity index (χ0) is 10.7. The van der Waals surface area contributed by atoms with Gasteiger partial charge in [0.2, 0.25) is 5.91 Å². The van der Waals surface area contributed by atoms with Crippen molar-refractivity contribution in [3.63, 3.8) is 0 Å². The number of hydrogen-bond acceptors (Lipinski definition) is 3. The molecule has 80 valence electrons. The van der Waals surface area contributed by atoms with Gasteiger partial charge in [-0.3, -0.25) is 4.79 Å². The Morgan fingerprint density at radius 1 is 1.57 bits per heavy atom. The van der Waals surface area contributed by atoms with Crippen molar-refractivity contribution in [3.05, 3.63) is 0 Å². The lowest BCUT2D eigenvalue weighted by molar-refractivity contribution is -0.150. The number of nitrogens with zero attached hydrogens (tertiary/aromatic N) is 1. The van der Waals surface area contributed by atoms with Crippen LogP contribution in [0.25, 0.3) is 0 Å². The van der Waals surface area contributed by atoms with Gasteiger partial charge in [-0.2, -0.15) is 0 Å². The standard InChI is InChI=1S/C9H15NO4/c1-6(5-11)8(12)10-4-2-3-7(10)9(13)14/h6-7,11H,2-5H2,1H3,(H,13,14)/t6-,7+/m1/s1. The first kappa shape index (κ1) is 11.0. The molecule has 0 bridgehead atoms. The van der Waals surface area contributed by atoms with Crippen molar-refractivity contribution in [2.24, 2.45) is 5.92 Å². The molecular formula is C9H15NO4. The fourth-order valence-electron chi connectivity index (χ4n) is 1.65. The van der Waals surface area contributed by atoms with Crippen LogP contribution in [0.15, 0.2) is 0 Å². The number of carbonyl (C=O) groups is 2. The van der Waals surface area contributed by atoms with Crippen LogP contribution in [0.4, 0.5) is 0 Å². The van der Waals surface area contributed by atoms with E-state index in [1.165, 1.54) is 4.90 Å². The van der Waals surface area contributed by atoms with E-state index in [9.17, 15) is 9.59 Å². The van der Waals surface area contributed by atoms with Crippen LogP contribution in [0, 0.1) is 5.92 Å². The van der Waals surface area contributed by atoms with Gasteiger partial charge in [0.1, 0.15) is 6.04 Å². The fourth-order valence-corrected chi connectivity index (χ4v) is 1.65. The number of carbonyl (C=O) groups excluding carboxylic acids is 1. The van der Waals surface area contributed by atoms with Crippen molar-refractivity contribution in [1.29, 1.82) is 0 Å². The second kappa shape index (κ2) is 4.41. The molecule has 1 aliphatic heterocycles. The summed E-state index contributed by atoms with van der Waals surface area (Å²) < 4.78 is 0. The zero-order valence-corrected chi connectivity index (χ0v) is 8.14. The van der Waals surface area contributed by atoms with Gasteiger partial charge >= 0.3 is 5.97 Å². The Bertz CT molecular complexity index is 241. The van der Waals surface area contributed by atoms with Crippen LogP contribution >= 0.6 is 0 Å². The highest BCUT2D eigenvalue weighted by molar-refractivity contribution is 5.85. The minimum Gasteiger partial charge on any atom is -0.480 e. The van der Waals surface area contributed by atoms with Gasteiger partial charge < -0.3 is 15.1 Å². The van der Waals surface area contributed by atoms with E-state index in [0.29, 0.717) is 13.0 Å². The number of hydrogen-bond donors (Lipinski definition) is 2. The Morgan fingerprint density at radius 3 is 2.71 bits per heavy atom. The molecule has 0 aromatic rings. The van der Waals surface area contributed by atoms with Crippen molar-refractivity contribution < 1.29 is 19.8 Å². The number of amides is 1. The molecule has 0 saturated carbocycles. The molecule has 0 radical (unpaired) electrons. The summed E-state index contributed by atoms with van der Waals surface area (Å²) in [5.41, 5.74) is 0. The van der Waals surface area contributed by atoms with Gasteiger partial charge in [0, 0.05) is 6.54 Å².